The molecular weight excluding hydrogens is 609 g/mol. The third kappa shape index (κ3) is 4.30. The largest absolute Gasteiger partial charge is 0.490 e. The standard InChI is InChI=1S/C48H36O2/c1-5-23-49-37-21-17-31-25-35(19-15-33(31)27-37)47(3)43-13-9-7-11-39(43)41-30-46-42(29-45(41)47)40-12-8-10-14-44(40)48(46,4)36-20-16-34-28-38(50-24-6-2)22-18-32(34)26-36/h1,6-22,25-30H,2,23-24H2,3-4H3. The molecule has 0 amide bonds. The van der Waals surface area contributed by atoms with Crippen LogP contribution < -0.4 is 9.47 Å². The topological polar surface area (TPSA) is 18.5 Å². The first-order valence-corrected chi connectivity index (χ1v) is 17.2. The van der Waals surface area contributed by atoms with E-state index in [-0.39, 0.29) is 17.4 Å². The molecule has 0 spiro atoms. The van der Waals surface area contributed by atoms with Gasteiger partial charge in [0.25, 0.3) is 0 Å². The average molecular weight is 645 g/mol. The van der Waals surface area contributed by atoms with Crippen molar-refractivity contribution in [2.24, 2.45) is 0 Å². The quantitative estimate of drug-likeness (QED) is 0.127. The van der Waals surface area contributed by atoms with Crippen LogP contribution in [0.2, 0.25) is 0 Å². The molecule has 2 atom stereocenters. The summed E-state index contributed by atoms with van der Waals surface area (Å²) >= 11 is 0. The number of benzene rings is 7. The summed E-state index contributed by atoms with van der Waals surface area (Å²) in [5, 5.41) is 4.67. The normalized spacial score (nSPS) is 18.2. The predicted octanol–water partition coefficient (Wildman–Crippen LogP) is 11.2. The smallest absolute Gasteiger partial charge is 0.148 e. The average Bonchev–Trinajstić information content (AvgIpc) is 3.57. The van der Waals surface area contributed by atoms with Gasteiger partial charge in [0.05, 0.1) is 0 Å². The van der Waals surface area contributed by atoms with Crippen LogP contribution in [0.4, 0.5) is 0 Å². The highest BCUT2D eigenvalue weighted by Crippen LogP contribution is 2.59. The van der Waals surface area contributed by atoms with Gasteiger partial charge in [0.1, 0.15) is 24.7 Å². The summed E-state index contributed by atoms with van der Waals surface area (Å²) in [6, 6.07) is 49.2. The van der Waals surface area contributed by atoms with Crippen LogP contribution in [0.15, 0.2) is 146 Å². The fourth-order valence-corrected chi connectivity index (χ4v) is 8.62. The molecule has 0 saturated carbocycles. The molecular formula is C48H36O2. The van der Waals surface area contributed by atoms with Gasteiger partial charge in [-0.2, -0.15) is 0 Å². The van der Waals surface area contributed by atoms with Crippen molar-refractivity contribution in [1.82, 2.24) is 0 Å². The summed E-state index contributed by atoms with van der Waals surface area (Å²) in [5.74, 6) is 4.20. The van der Waals surface area contributed by atoms with E-state index in [1.807, 2.05) is 6.07 Å². The van der Waals surface area contributed by atoms with Crippen molar-refractivity contribution in [1.29, 1.82) is 0 Å². The number of hydrogen-bond donors (Lipinski definition) is 0. The van der Waals surface area contributed by atoms with Gasteiger partial charge < -0.3 is 9.47 Å². The van der Waals surface area contributed by atoms with Gasteiger partial charge in [-0.05, 0) is 140 Å². The summed E-state index contributed by atoms with van der Waals surface area (Å²) in [4.78, 5) is 0. The molecule has 2 heteroatoms. The monoisotopic (exact) mass is 644 g/mol. The SMILES string of the molecule is C#CCOc1ccc2cc(C3(C)c4ccccc4-c4cc5c(cc43)-c3ccccc3C5(C)c3ccc4cc(OCC=C)ccc4c3)ccc2c1. The van der Waals surface area contributed by atoms with Crippen LogP contribution in [-0.2, 0) is 10.8 Å². The Kier molecular flexibility index (Phi) is 6.77. The molecule has 2 unspecified atom stereocenters. The number of terminal acetylenes is 1. The third-order valence-electron chi connectivity index (χ3n) is 11.2. The molecule has 2 nitrogen and oxygen atoms in total. The Labute approximate surface area is 293 Å². The molecule has 0 aliphatic heterocycles. The molecule has 0 radical (unpaired) electrons. The highest BCUT2D eigenvalue weighted by atomic mass is 16.5. The van der Waals surface area contributed by atoms with E-state index in [9.17, 15) is 0 Å². The van der Waals surface area contributed by atoms with E-state index in [4.69, 9.17) is 15.9 Å². The number of ether oxygens (including phenoxy) is 2. The minimum Gasteiger partial charge on any atom is -0.490 e. The first-order chi connectivity index (χ1) is 24.4. The first kappa shape index (κ1) is 30.1. The Morgan fingerprint density at radius 2 is 1.00 bits per heavy atom. The molecule has 2 aliphatic rings. The number of hydrogen-bond acceptors (Lipinski definition) is 2. The van der Waals surface area contributed by atoms with Crippen LogP contribution in [0.3, 0.4) is 0 Å². The maximum atomic E-state index is 5.84. The molecule has 0 N–H and O–H groups in total. The molecule has 240 valence electrons. The van der Waals surface area contributed by atoms with Gasteiger partial charge in [0, 0.05) is 10.8 Å². The maximum Gasteiger partial charge on any atom is 0.148 e. The molecule has 0 fully saturated rings. The molecule has 7 aromatic rings. The summed E-state index contributed by atoms with van der Waals surface area (Å²) in [6.45, 7) is 9.33. The second-order valence-corrected chi connectivity index (χ2v) is 13.8. The van der Waals surface area contributed by atoms with Crippen LogP contribution >= 0.6 is 0 Å². The van der Waals surface area contributed by atoms with Crippen molar-refractivity contribution in [3.8, 4) is 46.1 Å². The van der Waals surface area contributed by atoms with Crippen molar-refractivity contribution < 1.29 is 9.47 Å². The second kappa shape index (κ2) is 11.3. The van der Waals surface area contributed by atoms with Gasteiger partial charge in [-0.25, -0.2) is 0 Å². The summed E-state index contributed by atoms with van der Waals surface area (Å²) in [5.41, 5.74) is 12.5. The minimum atomic E-state index is -0.337. The lowest BCUT2D eigenvalue weighted by atomic mass is 9.71. The minimum absolute atomic E-state index is 0.259. The molecule has 0 heterocycles. The molecule has 7 aromatic carbocycles. The van der Waals surface area contributed by atoms with Crippen molar-refractivity contribution in [2.45, 2.75) is 24.7 Å². The van der Waals surface area contributed by atoms with Gasteiger partial charge in [0.15, 0.2) is 0 Å². The van der Waals surface area contributed by atoms with Crippen molar-refractivity contribution >= 4 is 21.5 Å². The maximum absolute atomic E-state index is 5.84. The van der Waals surface area contributed by atoms with Crippen LogP contribution in [0.1, 0.15) is 47.2 Å². The first-order valence-electron chi connectivity index (χ1n) is 17.2. The summed E-state index contributed by atoms with van der Waals surface area (Å²) in [7, 11) is 0. The van der Waals surface area contributed by atoms with Crippen LogP contribution in [0, 0.1) is 12.3 Å². The van der Waals surface area contributed by atoms with Crippen molar-refractivity contribution in [3.05, 3.63) is 179 Å². The van der Waals surface area contributed by atoms with Gasteiger partial charge in [-0.15, -0.1) is 6.42 Å². The lowest BCUT2D eigenvalue weighted by Gasteiger charge is -2.31. The Balaban J connectivity index is 1.22. The van der Waals surface area contributed by atoms with Gasteiger partial charge in [-0.1, -0.05) is 104 Å². The van der Waals surface area contributed by atoms with Gasteiger partial charge in [0.2, 0.25) is 0 Å². The number of rotatable bonds is 7. The Morgan fingerprint density at radius 3 is 1.50 bits per heavy atom. The second-order valence-electron chi connectivity index (χ2n) is 13.8. The van der Waals surface area contributed by atoms with Crippen molar-refractivity contribution in [2.75, 3.05) is 13.2 Å². The highest BCUT2D eigenvalue weighted by molar-refractivity contribution is 5.94. The molecule has 50 heavy (non-hydrogen) atoms. The van der Waals surface area contributed by atoms with Crippen molar-refractivity contribution in [3.63, 3.8) is 0 Å². The van der Waals surface area contributed by atoms with Crippen LogP contribution in [0.5, 0.6) is 11.5 Å². The zero-order chi connectivity index (χ0) is 34.0. The predicted molar refractivity (Wildman–Crippen MR) is 206 cm³/mol. The fourth-order valence-electron chi connectivity index (χ4n) is 8.62. The summed E-state index contributed by atoms with van der Waals surface area (Å²) < 4.78 is 11.6. The molecule has 0 aromatic heterocycles. The van der Waals surface area contributed by atoms with E-state index < -0.39 is 0 Å². The third-order valence-corrected chi connectivity index (χ3v) is 11.2. The Hall–Kier alpha value is -6.04. The highest BCUT2D eigenvalue weighted by Gasteiger charge is 2.46. The zero-order valence-electron chi connectivity index (χ0n) is 28.3. The summed E-state index contributed by atoms with van der Waals surface area (Å²) in [6.07, 6.45) is 7.21. The van der Waals surface area contributed by atoms with Gasteiger partial charge >= 0.3 is 0 Å². The van der Waals surface area contributed by atoms with Crippen LogP contribution in [-0.4, -0.2) is 13.2 Å². The van der Waals surface area contributed by atoms with E-state index in [1.165, 1.54) is 66.4 Å². The molecule has 0 bridgehead atoms. The molecule has 9 rings (SSSR count). The number of fused-ring (bicyclic) bond motifs is 8. The van der Waals surface area contributed by atoms with E-state index in [0.717, 1.165) is 22.3 Å². The fraction of sp³-hybridized carbons (Fsp3) is 0.125. The Morgan fingerprint density at radius 1 is 0.540 bits per heavy atom. The van der Waals surface area contributed by atoms with E-state index in [1.54, 1.807) is 6.08 Å². The van der Waals surface area contributed by atoms with Gasteiger partial charge in [-0.3, -0.25) is 0 Å². The molecule has 2 aliphatic carbocycles. The lowest BCUT2D eigenvalue weighted by molar-refractivity contribution is 0.364. The van der Waals surface area contributed by atoms with E-state index in [0.29, 0.717) is 6.61 Å². The van der Waals surface area contributed by atoms with E-state index >= 15 is 0 Å². The Bertz CT molecular complexity index is 2570. The zero-order valence-corrected chi connectivity index (χ0v) is 28.3. The van der Waals surface area contributed by atoms with E-state index in [2.05, 4.69) is 154 Å². The molecule has 0 saturated heterocycles. The van der Waals surface area contributed by atoms with Crippen LogP contribution in [0.25, 0.3) is 43.8 Å². The lowest BCUT2D eigenvalue weighted by Crippen LogP contribution is -2.24.